The maximum atomic E-state index is 10.6. The Morgan fingerprint density at radius 1 is 0.850 bits per heavy atom. The van der Waals surface area contributed by atoms with Gasteiger partial charge in [-0.1, -0.05) is 0 Å². The summed E-state index contributed by atoms with van der Waals surface area (Å²) in [5.74, 6) is -1.97. The molecule has 11 heteroatoms. The quantitative estimate of drug-likeness (QED) is 0.418. The van der Waals surface area contributed by atoms with Gasteiger partial charge in [0.1, 0.15) is 0 Å². The summed E-state index contributed by atoms with van der Waals surface area (Å²) in [5.41, 5.74) is 0. The van der Waals surface area contributed by atoms with E-state index in [-0.39, 0.29) is 38.9 Å². The molecular formula is C9H19NO8S2. The molecule has 0 unspecified atom stereocenters. The van der Waals surface area contributed by atoms with Gasteiger partial charge in [-0.05, 0) is 25.9 Å². The molecule has 0 fully saturated rings. The van der Waals surface area contributed by atoms with Crippen LogP contribution in [0.5, 0.6) is 0 Å². The first kappa shape index (κ1) is 19.2. The standard InChI is InChI=1S/C9H19NO8S2/c11-9(12)3-1-4-10(6-8-20(16,17)18)5-2-7-19(13,14)15/h1-8H2,(H,11,12)(H,13,14,15)(H,16,17,18). The summed E-state index contributed by atoms with van der Waals surface area (Å²) < 4.78 is 59.6. The lowest BCUT2D eigenvalue weighted by Gasteiger charge is -2.20. The zero-order valence-electron chi connectivity index (χ0n) is 10.8. The monoisotopic (exact) mass is 333 g/mol. The summed E-state index contributed by atoms with van der Waals surface area (Å²) in [5, 5.41) is 8.50. The van der Waals surface area contributed by atoms with Gasteiger partial charge in [0.2, 0.25) is 0 Å². The number of carbonyl (C=O) groups is 1. The van der Waals surface area contributed by atoms with Gasteiger partial charge in [-0.2, -0.15) is 16.8 Å². The highest BCUT2D eigenvalue weighted by Crippen LogP contribution is 2.00. The molecule has 3 N–H and O–H groups in total. The number of carboxylic acids is 1. The van der Waals surface area contributed by atoms with Crippen molar-refractivity contribution in [1.29, 1.82) is 0 Å². The van der Waals surface area contributed by atoms with Gasteiger partial charge < -0.3 is 10.0 Å². The van der Waals surface area contributed by atoms with Crippen LogP contribution in [0.15, 0.2) is 0 Å². The Morgan fingerprint density at radius 3 is 1.80 bits per heavy atom. The number of hydrogen-bond donors (Lipinski definition) is 3. The lowest BCUT2D eigenvalue weighted by atomic mass is 10.3. The van der Waals surface area contributed by atoms with Crippen LogP contribution in [0.4, 0.5) is 0 Å². The fourth-order valence-corrected chi connectivity index (χ4v) is 2.49. The van der Waals surface area contributed by atoms with Crippen LogP contribution in [0, 0.1) is 0 Å². The third-order valence-electron chi connectivity index (χ3n) is 2.41. The molecule has 0 aliphatic carbocycles. The summed E-state index contributed by atoms with van der Waals surface area (Å²) in [4.78, 5) is 11.9. The highest BCUT2D eigenvalue weighted by atomic mass is 32.2. The second kappa shape index (κ2) is 8.52. The molecular weight excluding hydrogens is 314 g/mol. The van der Waals surface area contributed by atoms with E-state index in [0.29, 0.717) is 0 Å². The van der Waals surface area contributed by atoms with E-state index >= 15 is 0 Å². The van der Waals surface area contributed by atoms with Gasteiger partial charge in [0, 0.05) is 13.0 Å². The van der Waals surface area contributed by atoms with Crippen LogP contribution in [-0.2, 0) is 25.0 Å². The van der Waals surface area contributed by atoms with Gasteiger partial charge in [-0.25, -0.2) is 0 Å². The molecule has 9 nitrogen and oxygen atoms in total. The summed E-state index contributed by atoms with van der Waals surface area (Å²) >= 11 is 0. The second-order valence-corrected chi connectivity index (χ2v) is 7.41. The van der Waals surface area contributed by atoms with Gasteiger partial charge in [-0.3, -0.25) is 13.9 Å². The van der Waals surface area contributed by atoms with Crippen molar-refractivity contribution in [3.8, 4) is 0 Å². The van der Waals surface area contributed by atoms with E-state index in [1.165, 1.54) is 4.90 Å². The van der Waals surface area contributed by atoms with Crippen LogP contribution in [0.3, 0.4) is 0 Å². The predicted molar refractivity (Wildman–Crippen MR) is 70.8 cm³/mol. The van der Waals surface area contributed by atoms with E-state index < -0.39 is 37.7 Å². The van der Waals surface area contributed by atoms with Crippen molar-refractivity contribution in [2.75, 3.05) is 31.1 Å². The van der Waals surface area contributed by atoms with Crippen LogP contribution in [0.1, 0.15) is 19.3 Å². The smallest absolute Gasteiger partial charge is 0.303 e. The molecule has 0 saturated heterocycles. The minimum Gasteiger partial charge on any atom is -0.481 e. The van der Waals surface area contributed by atoms with E-state index in [0.717, 1.165) is 0 Å². The summed E-state index contributed by atoms with van der Waals surface area (Å²) in [6.45, 7) is 0.395. The maximum absolute atomic E-state index is 10.6. The molecule has 0 radical (unpaired) electrons. The molecule has 0 rings (SSSR count). The molecule has 0 saturated carbocycles. The van der Waals surface area contributed by atoms with Crippen molar-refractivity contribution in [2.45, 2.75) is 19.3 Å². The molecule has 0 bridgehead atoms. The highest BCUT2D eigenvalue weighted by Gasteiger charge is 2.13. The number of aliphatic carboxylic acids is 1. The minimum absolute atomic E-state index is 0.0378. The van der Waals surface area contributed by atoms with Crippen LogP contribution in [0.25, 0.3) is 0 Å². The fourth-order valence-electron chi connectivity index (χ4n) is 1.50. The first-order chi connectivity index (χ1) is 8.99. The van der Waals surface area contributed by atoms with Gasteiger partial charge in [0.25, 0.3) is 20.2 Å². The number of hydrogen-bond acceptors (Lipinski definition) is 6. The van der Waals surface area contributed by atoms with E-state index in [4.69, 9.17) is 14.2 Å². The van der Waals surface area contributed by atoms with Gasteiger partial charge in [0.15, 0.2) is 0 Å². The molecule has 0 aliphatic rings. The van der Waals surface area contributed by atoms with E-state index in [2.05, 4.69) is 0 Å². The van der Waals surface area contributed by atoms with Crippen molar-refractivity contribution in [2.24, 2.45) is 0 Å². The average molecular weight is 333 g/mol. The molecule has 0 aliphatic heterocycles. The zero-order valence-corrected chi connectivity index (χ0v) is 12.4. The lowest BCUT2D eigenvalue weighted by molar-refractivity contribution is -0.137. The van der Waals surface area contributed by atoms with Crippen LogP contribution >= 0.6 is 0 Å². The molecule has 0 aromatic rings. The van der Waals surface area contributed by atoms with E-state index in [9.17, 15) is 21.6 Å². The Balaban J connectivity index is 4.27. The molecule has 0 aromatic heterocycles. The van der Waals surface area contributed by atoms with Crippen molar-refractivity contribution >= 4 is 26.2 Å². The minimum atomic E-state index is -4.14. The third kappa shape index (κ3) is 13.7. The lowest BCUT2D eigenvalue weighted by Crippen LogP contribution is -2.32. The van der Waals surface area contributed by atoms with Crippen LogP contribution < -0.4 is 0 Å². The Bertz CT molecular complexity index is 498. The predicted octanol–water partition coefficient (Wildman–Crippen LogP) is -0.681. The molecule has 0 spiro atoms. The van der Waals surface area contributed by atoms with Crippen molar-refractivity contribution < 1.29 is 35.8 Å². The Kier molecular flexibility index (Phi) is 8.20. The third-order valence-corrected chi connectivity index (χ3v) is 3.91. The number of carboxylic acid groups (broad SMARTS) is 1. The molecule has 20 heavy (non-hydrogen) atoms. The summed E-state index contributed by atoms with van der Waals surface area (Å²) in [6, 6.07) is 0. The Morgan fingerprint density at radius 2 is 1.35 bits per heavy atom. The fraction of sp³-hybridized carbons (Fsp3) is 0.889. The van der Waals surface area contributed by atoms with Gasteiger partial charge in [-0.15, -0.1) is 0 Å². The summed E-state index contributed by atoms with van der Waals surface area (Å²) in [7, 11) is -8.23. The maximum Gasteiger partial charge on any atom is 0.303 e. The second-order valence-electron chi connectivity index (χ2n) is 4.26. The molecule has 0 aromatic carbocycles. The van der Waals surface area contributed by atoms with Crippen molar-refractivity contribution in [1.82, 2.24) is 4.90 Å². The van der Waals surface area contributed by atoms with Gasteiger partial charge >= 0.3 is 5.97 Å². The van der Waals surface area contributed by atoms with Crippen molar-refractivity contribution in [3.05, 3.63) is 0 Å². The van der Waals surface area contributed by atoms with Crippen LogP contribution in [-0.4, -0.2) is 73.1 Å². The largest absolute Gasteiger partial charge is 0.481 e. The topological polar surface area (TPSA) is 149 Å². The van der Waals surface area contributed by atoms with E-state index in [1.54, 1.807) is 0 Å². The van der Waals surface area contributed by atoms with Crippen LogP contribution in [0.2, 0.25) is 0 Å². The van der Waals surface area contributed by atoms with Crippen molar-refractivity contribution in [3.63, 3.8) is 0 Å². The Hall–Kier alpha value is -0.750. The molecule has 0 atom stereocenters. The highest BCUT2D eigenvalue weighted by molar-refractivity contribution is 7.86. The Labute approximate surface area is 118 Å². The summed E-state index contributed by atoms with van der Waals surface area (Å²) in [6.07, 6.45) is 0.255. The number of rotatable bonds is 11. The normalized spacial score (nSPS) is 12.8. The first-order valence-electron chi connectivity index (χ1n) is 5.84. The molecule has 0 amide bonds. The number of nitrogens with zero attached hydrogens (tertiary/aromatic N) is 1. The van der Waals surface area contributed by atoms with Gasteiger partial charge in [0.05, 0.1) is 11.5 Å². The first-order valence-corrected chi connectivity index (χ1v) is 9.06. The zero-order chi connectivity index (χ0) is 15.8. The SMILES string of the molecule is O=C(O)CCCN(CCCS(=O)(=O)O)CCS(=O)(=O)O. The molecule has 0 heterocycles. The van der Waals surface area contributed by atoms with E-state index in [1.807, 2.05) is 0 Å². The molecule has 120 valence electrons. The average Bonchev–Trinajstić information content (AvgIpc) is 2.21.